The van der Waals surface area contributed by atoms with Crippen LogP contribution in [0.3, 0.4) is 0 Å². The molecule has 2 rings (SSSR count). The molecule has 5 heteroatoms. The van der Waals surface area contributed by atoms with E-state index in [1.807, 2.05) is 30.3 Å². The minimum absolute atomic E-state index is 0.148. The predicted molar refractivity (Wildman–Crippen MR) is 76.3 cm³/mol. The van der Waals surface area contributed by atoms with Crippen LogP contribution in [0.4, 0.5) is 0 Å². The first kappa shape index (κ1) is 13.7. The van der Waals surface area contributed by atoms with Gasteiger partial charge in [0.25, 0.3) is 0 Å². The van der Waals surface area contributed by atoms with Gasteiger partial charge in [0.05, 0.1) is 0 Å². The highest BCUT2D eigenvalue weighted by Crippen LogP contribution is 2.26. The van der Waals surface area contributed by atoms with E-state index in [4.69, 9.17) is 18.0 Å². The smallest absolute Gasteiger partial charge is 0.230 e. The minimum atomic E-state index is -0.630. The van der Waals surface area contributed by atoms with Crippen LogP contribution in [0.1, 0.15) is 37.3 Å². The first-order valence-electron chi connectivity index (χ1n) is 6.30. The Morgan fingerprint density at radius 1 is 1.11 bits per heavy atom. The van der Waals surface area contributed by atoms with Gasteiger partial charge in [0, 0.05) is 12.8 Å². The summed E-state index contributed by atoms with van der Waals surface area (Å²) in [5, 5.41) is 0. The Hall–Kier alpha value is -1.75. The van der Waals surface area contributed by atoms with Gasteiger partial charge in [-0.15, -0.1) is 0 Å². The summed E-state index contributed by atoms with van der Waals surface area (Å²) in [5.41, 5.74) is 6.54. The Kier molecular flexibility index (Phi) is 4.27. The molecule has 1 aromatic carbocycles. The van der Waals surface area contributed by atoms with Crippen LogP contribution in [0.15, 0.2) is 30.3 Å². The fourth-order valence-corrected chi connectivity index (χ4v) is 2.54. The lowest BCUT2D eigenvalue weighted by atomic mass is 10.0. The number of likely N-dealkylation sites (tertiary alicyclic amines) is 1. The zero-order valence-electron chi connectivity index (χ0n) is 10.5. The third-order valence-corrected chi connectivity index (χ3v) is 3.43. The summed E-state index contributed by atoms with van der Waals surface area (Å²) in [5.74, 6) is -0.381. The van der Waals surface area contributed by atoms with Crippen molar-refractivity contribution in [2.45, 2.75) is 31.7 Å². The number of benzene rings is 1. The van der Waals surface area contributed by atoms with Gasteiger partial charge in [-0.2, -0.15) is 0 Å². The zero-order valence-corrected chi connectivity index (χ0v) is 11.4. The maximum atomic E-state index is 12.1. The van der Waals surface area contributed by atoms with Crippen molar-refractivity contribution in [3.63, 3.8) is 0 Å². The molecule has 2 amide bonds. The number of carbonyl (C=O) groups is 2. The quantitative estimate of drug-likeness (QED) is 0.677. The second kappa shape index (κ2) is 5.93. The minimum Gasteiger partial charge on any atom is -0.391 e. The van der Waals surface area contributed by atoms with E-state index in [0.29, 0.717) is 12.8 Å². The predicted octanol–water partition coefficient (Wildman–Crippen LogP) is 1.94. The lowest BCUT2D eigenvalue weighted by Crippen LogP contribution is -2.43. The van der Waals surface area contributed by atoms with Gasteiger partial charge in [-0.3, -0.25) is 14.5 Å². The molecule has 1 unspecified atom stereocenters. The van der Waals surface area contributed by atoms with E-state index in [9.17, 15) is 9.59 Å². The summed E-state index contributed by atoms with van der Waals surface area (Å²) < 4.78 is 0. The molecule has 1 saturated heterocycles. The summed E-state index contributed by atoms with van der Waals surface area (Å²) in [6.07, 6.45) is 2.22. The van der Waals surface area contributed by atoms with Crippen LogP contribution >= 0.6 is 12.2 Å². The second-order valence-electron chi connectivity index (χ2n) is 4.58. The lowest BCUT2D eigenvalue weighted by molar-refractivity contribution is -0.145. The largest absolute Gasteiger partial charge is 0.391 e. The Morgan fingerprint density at radius 3 is 2.11 bits per heavy atom. The molecule has 1 atom stereocenters. The topological polar surface area (TPSA) is 63.4 Å². The van der Waals surface area contributed by atoms with E-state index < -0.39 is 6.04 Å². The van der Waals surface area contributed by atoms with Gasteiger partial charge in [-0.25, -0.2) is 0 Å². The zero-order chi connectivity index (χ0) is 13.8. The van der Waals surface area contributed by atoms with Crippen molar-refractivity contribution in [1.82, 2.24) is 4.90 Å². The Bertz CT molecular complexity index is 483. The number of rotatable bonds is 3. The summed E-state index contributed by atoms with van der Waals surface area (Å²) in [6, 6.07) is 8.58. The molecular formula is C14H16N2O2S. The Morgan fingerprint density at radius 2 is 1.63 bits per heavy atom. The number of carbonyl (C=O) groups excluding carboxylic acids is 2. The second-order valence-corrected chi connectivity index (χ2v) is 5.05. The van der Waals surface area contributed by atoms with Crippen molar-refractivity contribution in [2.24, 2.45) is 5.73 Å². The fraction of sp³-hybridized carbons (Fsp3) is 0.357. The van der Waals surface area contributed by atoms with E-state index in [2.05, 4.69) is 0 Å². The number of hydrogen-bond donors (Lipinski definition) is 1. The summed E-state index contributed by atoms with van der Waals surface area (Å²) in [7, 11) is 0. The first-order chi connectivity index (χ1) is 9.11. The van der Waals surface area contributed by atoms with E-state index in [-0.39, 0.29) is 16.8 Å². The van der Waals surface area contributed by atoms with Crippen LogP contribution in [-0.2, 0) is 9.59 Å². The van der Waals surface area contributed by atoms with Gasteiger partial charge in [-0.1, -0.05) is 42.5 Å². The van der Waals surface area contributed by atoms with Crippen LogP contribution in [0.2, 0.25) is 0 Å². The molecule has 1 aromatic rings. The van der Waals surface area contributed by atoms with Crippen LogP contribution in [0.25, 0.3) is 0 Å². The average Bonchev–Trinajstić information content (AvgIpc) is 2.55. The Labute approximate surface area is 117 Å². The summed E-state index contributed by atoms with van der Waals surface area (Å²) >= 11 is 5.06. The number of hydrogen-bond acceptors (Lipinski definition) is 3. The van der Waals surface area contributed by atoms with Crippen LogP contribution < -0.4 is 5.73 Å². The average molecular weight is 276 g/mol. The molecule has 4 nitrogen and oxygen atoms in total. The van der Waals surface area contributed by atoms with Gasteiger partial charge < -0.3 is 5.73 Å². The molecule has 1 aliphatic heterocycles. The van der Waals surface area contributed by atoms with E-state index in [0.717, 1.165) is 18.4 Å². The van der Waals surface area contributed by atoms with Gasteiger partial charge in [0.1, 0.15) is 11.0 Å². The number of nitrogens with zero attached hydrogens (tertiary/aromatic N) is 1. The molecule has 0 radical (unpaired) electrons. The normalized spacial score (nSPS) is 18.0. The summed E-state index contributed by atoms with van der Waals surface area (Å²) in [6.45, 7) is 0. The summed E-state index contributed by atoms with van der Waals surface area (Å²) in [4.78, 5) is 25.7. The van der Waals surface area contributed by atoms with Crippen molar-refractivity contribution in [3.05, 3.63) is 35.9 Å². The molecule has 0 bridgehead atoms. The Balaban J connectivity index is 2.40. The SMILES string of the molecule is NC(=S)C(c1ccccc1)N1C(=O)CCCCC1=O. The molecule has 100 valence electrons. The molecular weight excluding hydrogens is 260 g/mol. The lowest BCUT2D eigenvalue weighted by Gasteiger charge is -2.28. The molecule has 0 aromatic heterocycles. The molecule has 0 saturated carbocycles. The number of imide groups is 1. The van der Waals surface area contributed by atoms with Crippen molar-refractivity contribution in [1.29, 1.82) is 0 Å². The highest BCUT2D eigenvalue weighted by Gasteiger charge is 2.33. The van der Waals surface area contributed by atoms with Gasteiger partial charge >= 0.3 is 0 Å². The number of thiocarbonyl (C=S) groups is 1. The van der Waals surface area contributed by atoms with Crippen LogP contribution in [0.5, 0.6) is 0 Å². The first-order valence-corrected chi connectivity index (χ1v) is 6.71. The van der Waals surface area contributed by atoms with E-state index in [1.54, 1.807) is 0 Å². The molecule has 0 aliphatic carbocycles. The monoisotopic (exact) mass is 276 g/mol. The van der Waals surface area contributed by atoms with Crippen molar-refractivity contribution in [3.8, 4) is 0 Å². The van der Waals surface area contributed by atoms with Crippen molar-refractivity contribution < 1.29 is 9.59 Å². The number of nitrogens with two attached hydrogens (primary N) is 1. The van der Waals surface area contributed by atoms with Crippen molar-refractivity contribution in [2.75, 3.05) is 0 Å². The molecule has 1 heterocycles. The molecule has 0 spiro atoms. The molecule has 19 heavy (non-hydrogen) atoms. The fourth-order valence-electron chi connectivity index (χ4n) is 2.30. The van der Waals surface area contributed by atoms with Gasteiger partial charge in [0.15, 0.2) is 0 Å². The third-order valence-electron chi connectivity index (χ3n) is 3.21. The van der Waals surface area contributed by atoms with Crippen LogP contribution in [0, 0.1) is 0 Å². The van der Waals surface area contributed by atoms with Crippen LogP contribution in [-0.4, -0.2) is 21.7 Å². The maximum Gasteiger partial charge on any atom is 0.230 e. The van der Waals surface area contributed by atoms with Gasteiger partial charge in [0.2, 0.25) is 11.8 Å². The van der Waals surface area contributed by atoms with Gasteiger partial charge in [-0.05, 0) is 18.4 Å². The van der Waals surface area contributed by atoms with E-state index in [1.165, 1.54) is 4.90 Å². The molecule has 1 fully saturated rings. The number of amides is 2. The van der Waals surface area contributed by atoms with E-state index >= 15 is 0 Å². The standard InChI is InChI=1S/C14H16N2O2S/c15-14(19)13(10-6-2-1-3-7-10)16-11(17)8-4-5-9-12(16)18/h1-3,6-7,13H,4-5,8-9H2,(H2,15,19). The third kappa shape index (κ3) is 2.98. The van der Waals surface area contributed by atoms with Crippen molar-refractivity contribution >= 4 is 29.0 Å². The molecule has 1 aliphatic rings. The molecule has 2 N–H and O–H groups in total. The highest BCUT2D eigenvalue weighted by molar-refractivity contribution is 7.80. The maximum absolute atomic E-state index is 12.1. The highest BCUT2D eigenvalue weighted by atomic mass is 32.1.